The minimum absolute atomic E-state index is 0.249. The van der Waals surface area contributed by atoms with Crippen molar-refractivity contribution < 1.29 is 15.0 Å². The van der Waals surface area contributed by atoms with Crippen LogP contribution in [0.15, 0.2) is 5.38 Å². The molecule has 1 atom stereocenters. The molecule has 0 aromatic carbocycles. The van der Waals surface area contributed by atoms with E-state index in [1.54, 1.807) is 5.38 Å². The summed E-state index contributed by atoms with van der Waals surface area (Å²) < 4.78 is 0. The second-order valence-electron chi connectivity index (χ2n) is 2.27. The topological polar surface area (TPSA) is 70.4 Å². The smallest absolute Gasteiger partial charge is 0.339 e. The van der Waals surface area contributed by atoms with Crippen molar-refractivity contribution in [2.75, 3.05) is 0 Å². The van der Waals surface area contributed by atoms with Gasteiger partial charge in [0.15, 0.2) is 0 Å². The summed E-state index contributed by atoms with van der Waals surface area (Å²) in [6.45, 7) is 1.92. The summed E-state index contributed by atoms with van der Waals surface area (Å²) >= 11 is 1.17. The zero-order valence-electron chi connectivity index (χ0n) is 6.52. The Labute approximate surface area is 73.5 Å². The van der Waals surface area contributed by atoms with E-state index in [-0.39, 0.29) is 5.01 Å². The first-order chi connectivity index (χ1) is 5.65. The molecule has 0 saturated carbocycles. The molecule has 5 heteroatoms. The fourth-order valence-electron chi connectivity index (χ4n) is 0.716. The average Bonchev–Trinajstić information content (AvgIpc) is 2.50. The molecule has 1 aromatic heterocycles. The van der Waals surface area contributed by atoms with E-state index >= 15 is 0 Å². The zero-order chi connectivity index (χ0) is 9.14. The summed E-state index contributed by atoms with van der Waals surface area (Å²) in [6.07, 6.45) is -0.724. The van der Waals surface area contributed by atoms with Crippen LogP contribution in [0.5, 0.6) is 0 Å². The van der Waals surface area contributed by atoms with Crippen LogP contribution in [0.1, 0.15) is 23.7 Å². The van der Waals surface area contributed by atoms with Gasteiger partial charge in [-0.15, -0.1) is 11.3 Å². The number of hydrogen-bond donors (Lipinski definition) is 2. The lowest BCUT2D eigenvalue weighted by Gasteiger charge is -1.98. The van der Waals surface area contributed by atoms with Crippen molar-refractivity contribution in [3.05, 3.63) is 16.1 Å². The van der Waals surface area contributed by atoms with Gasteiger partial charge in [-0.05, 0) is 6.42 Å². The number of aliphatic hydroxyl groups excluding tert-OH is 1. The lowest BCUT2D eigenvalue weighted by Crippen LogP contribution is -2.09. The Morgan fingerprint density at radius 3 is 2.92 bits per heavy atom. The summed E-state index contributed by atoms with van der Waals surface area (Å²) in [5, 5.41) is 19.5. The van der Waals surface area contributed by atoms with E-state index in [9.17, 15) is 4.79 Å². The molecule has 0 aliphatic rings. The first-order valence-electron chi connectivity index (χ1n) is 3.50. The van der Waals surface area contributed by atoms with Gasteiger partial charge in [-0.3, -0.25) is 0 Å². The van der Waals surface area contributed by atoms with Gasteiger partial charge >= 0.3 is 5.97 Å². The van der Waals surface area contributed by atoms with Crippen molar-refractivity contribution in [3.8, 4) is 0 Å². The van der Waals surface area contributed by atoms with E-state index in [4.69, 9.17) is 10.2 Å². The number of aliphatic hydroxyl groups is 1. The van der Waals surface area contributed by atoms with Gasteiger partial charge in [-0.25, -0.2) is 9.78 Å². The molecule has 0 amide bonds. The highest BCUT2D eigenvalue weighted by atomic mass is 32.1. The van der Waals surface area contributed by atoms with E-state index in [2.05, 4.69) is 4.98 Å². The van der Waals surface area contributed by atoms with E-state index in [0.717, 1.165) is 12.1 Å². The molecule has 1 rings (SSSR count). The number of thiazole rings is 1. The molecule has 1 heterocycles. The van der Waals surface area contributed by atoms with Gasteiger partial charge in [0.25, 0.3) is 0 Å². The van der Waals surface area contributed by atoms with Gasteiger partial charge in [0.1, 0.15) is 5.01 Å². The SMILES string of the molecule is CCc1csc(C(O)C(=O)O)n1. The molecule has 1 unspecified atom stereocenters. The first kappa shape index (κ1) is 9.15. The van der Waals surface area contributed by atoms with E-state index in [1.165, 1.54) is 11.3 Å². The van der Waals surface area contributed by atoms with Gasteiger partial charge < -0.3 is 10.2 Å². The number of carboxylic acid groups (broad SMARTS) is 1. The number of aromatic nitrogens is 1. The maximum atomic E-state index is 10.3. The molecule has 0 saturated heterocycles. The maximum absolute atomic E-state index is 10.3. The van der Waals surface area contributed by atoms with Crippen molar-refractivity contribution in [3.63, 3.8) is 0 Å². The highest BCUT2D eigenvalue weighted by Crippen LogP contribution is 2.18. The summed E-state index contributed by atoms with van der Waals surface area (Å²) in [6, 6.07) is 0. The van der Waals surface area contributed by atoms with Gasteiger partial charge in [0, 0.05) is 5.38 Å². The highest BCUT2D eigenvalue weighted by molar-refractivity contribution is 7.09. The Bertz CT molecular complexity index is 284. The van der Waals surface area contributed by atoms with Crippen molar-refractivity contribution in [1.82, 2.24) is 4.98 Å². The average molecular weight is 187 g/mol. The van der Waals surface area contributed by atoms with Crippen LogP contribution in [0.2, 0.25) is 0 Å². The second kappa shape index (κ2) is 3.64. The quantitative estimate of drug-likeness (QED) is 0.735. The number of rotatable bonds is 3. The molecule has 4 nitrogen and oxygen atoms in total. The first-order valence-corrected chi connectivity index (χ1v) is 4.38. The number of aryl methyl sites for hydroxylation is 1. The molecular formula is C7H9NO3S. The molecule has 0 spiro atoms. The third kappa shape index (κ3) is 1.80. The monoisotopic (exact) mass is 187 g/mol. The lowest BCUT2D eigenvalue weighted by atomic mass is 10.3. The Hall–Kier alpha value is -0.940. The number of carboxylic acids is 1. The number of carbonyl (C=O) groups is 1. The van der Waals surface area contributed by atoms with Crippen LogP contribution in [0, 0.1) is 0 Å². The Kier molecular flexibility index (Phi) is 2.78. The predicted molar refractivity (Wildman–Crippen MR) is 44.1 cm³/mol. The summed E-state index contributed by atoms with van der Waals surface area (Å²) in [5.74, 6) is -1.26. The summed E-state index contributed by atoms with van der Waals surface area (Å²) in [4.78, 5) is 14.3. The lowest BCUT2D eigenvalue weighted by molar-refractivity contribution is -0.146. The van der Waals surface area contributed by atoms with E-state index < -0.39 is 12.1 Å². The molecule has 0 bridgehead atoms. The van der Waals surface area contributed by atoms with Crippen molar-refractivity contribution in [2.24, 2.45) is 0 Å². The maximum Gasteiger partial charge on any atom is 0.339 e. The van der Waals surface area contributed by atoms with Crippen LogP contribution < -0.4 is 0 Å². The molecular weight excluding hydrogens is 178 g/mol. The predicted octanol–water partition coefficient (Wildman–Crippen LogP) is 0.824. The second-order valence-corrected chi connectivity index (χ2v) is 3.16. The molecule has 12 heavy (non-hydrogen) atoms. The largest absolute Gasteiger partial charge is 0.479 e. The van der Waals surface area contributed by atoms with Crippen molar-refractivity contribution >= 4 is 17.3 Å². The Balaban J connectivity index is 2.81. The number of nitrogens with zero attached hydrogens (tertiary/aromatic N) is 1. The Morgan fingerprint density at radius 2 is 2.50 bits per heavy atom. The standard InChI is InChI=1S/C7H9NO3S/c1-2-4-3-12-6(8-4)5(9)7(10)11/h3,5,9H,2H2,1H3,(H,10,11). The fourth-order valence-corrected chi connectivity index (χ4v) is 1.59. The van der Waals surface area contributed by atoms with E-state index in [0.29, 0.717) is 0 Å². The van der Waals surface area contributed by atoms with Crippen LogP contribution in [0.25, 0.3) is 0 Å². The third-order valence-corrected chi connectivity index (χ3v) is 2.35. The summed E-state index contributed by atoms with van der Waals surface area (Å²) in [5.41, 5.74) is 0.815. The fraction of sp³-hybridized carbons (Fsp3) is 0.429. The number of aliphatic carboxylic acids is 1. The van der Waals surface area contributed by atoms with Crippen molar-refractivity contribution in [1.29, 1.82) is 0 Å². The van der Waals surface area contributed by atoms with Crippen molar-refractivity contribution in [2.45, 2.75) is 19.4 Å². The van der Waals surface area contributed by atoms with E-state index in [1.807, 2.05) is 6.92 Å². The molecule has 1 aromatic rings. The highest BCUT2D eigenvalue weighted by Gasteiger charge is 2.19. The Morgan fingerprint density at radius 1 is 1.83 bits per heavy atom. The van der Waals surface area contributed by atoms with Gasteiger partial charge in [-0.2, -0.15) is 0 Å². The normalized spacial score (nSPS) is 12.8. The van der Waals surface area contributed by atoms with Crippen LogP contribution in [-0.2, 0) is 11.2 Å². The zero-order valence-corrected chi connectivity index (χ0v) is 7.34. The minimum Gasteiger partial charge on any atom is -0.479 e. The molecule has 0 radical (unpaired) electrons. The van der Waals surface area contributed by atoms with Crippen LogP contribution in [0.3, 0.4) is 0 Å². The molecule has 0 fully saturated rings. The van der Waals surface area contributed by atoms with Crippen LogP contribution in [0.4, 0.5) is 0 Å². The van der Waals surface area contributed by atoms with Crippen LogP contribution in [-0.4, -0.2) is 21.2 Å². The molecule has 0 aliphatic heterocycles. The minimum atomic E-state index is -1.48. The van der Waals surface area contributed by atoms with Crippen LogP contribution >= 0.6 is 11.3 Å². The third-order valence-electron chi connectivity index (χ3n) is 1.40. The number of hydrogen-bond acceptors (Lipinski definition) is 4. The van der Waals surface area contributed by atoms with Gasteiger partial charge in [-0.1, -0.05) is 6.92 Å². The summed E-state index contributed by atoms with van der Waals surface area (Å²) in [7, 11) is 0. The molecule has 66 valence electrons. The van der Waals surface area contributed by atoms with Gasteiger partial charge in [0.05, 0.1) is 5.69 Å². The van der Waals surface area contributed by atoms with Gasteiger partial charge in [0.2, 0.25) is 6.10 Å². The molecule has 2 N–H and O–H groups in total. The molecule has 0 aliphatic carbocycles.